The van der Waals surface area contributed by atoms with Gasteiger partial charge >= 0.3 is 5.97 Å². The number of methoxy groups -OCH3 is 1. The van der Waals surface area contributed by atoms with E-state index in [0.717, 1.165) is 31.8 Å². The summed E-state index contributed by atoms with van der Waals surface area (Å²) in [5.74, 6) is 0.669. The zero-order chi connectivity index (χ0) is 17.1. The van der Waals surface area contributed by atoms with E-state index in [1.807, 2.05) is 20.8 Å². The molecule has 0 spiro atoms. The quantitative estimate of drug-likeness (QED) is 0.184. The molecule has 0 aromatic carbocycles. The fraction of sp³-hybridized carbons (Fsp3) is 0.882. The number of hydrogen-bond acceptors (Lipinski definition) is 4. The van der Waals surface area contributed by atoms with Crippen LogP contribution in [0.2, 0.25) is 0 Å². The molecule has 1 saturated carbocycles. The molecule has 0 bridgehead atoms. The van der Waals surface area contributed by atoms with Gasteiger partial charge in [-0.25, -0.2) is 0 Å². The minimum absolute atomic E-state index is 0. The molecule has 1 rings (SSSR count). The molecule has 2 N–H and O–H groups in total. The average Bonchev–Trinajstić information content (AvgIpc) is 3.02. The second kappa shape index (κ2) is 12.7. The van der Waals surface area contributed by atoms with Gasteiger partial charge in [-0.2, -0.15) is 0 Å². The van der Waals surface area contributed by atoms with Crippen molar-refractivity contribution in [3.8, 4) is 0 Å². The smallest absolute Gasteiger partial charge is 0.306 e. The number of aliphatic imine (C=N–C) groups is 1. The van der Waals surface area contributed by atoms with E-state index in [1.54, 1.807) is 7.11 Å². The third kappa shape index (κ3) is 10.3. The van der Waals surface area contributed by atoms with E-state index in [1.165, 1.54) is 12.8 Å². The third-order valence-corrected chi connectivity index (χ3v) is 3.97. The molecular formula is C17H34IN3O3. The molecule has 1 aliphatic carbocycles. The van der Waals surface area contributed by atoms with Crippen LogP contribution in [0.25, 0.3) is 0 Å². The minimum Gasteiger partial charge on any atom is -0.462 e. The van der Waals surface area contributed by atoms with Crippen molar-refractivity contribution in [3.05, 3.63) is 0 Å². The monoisotopic (exact) mass is 455 g/mol. The van der Waals surface area contributed by atoms with Crippen LogP contribution >= 0.6 is 24.0 Å². The van der Waals surface area contributed by atoms with Gasteiger partial charge in [-0.15, -0.1) is 24.0 Å². The third-order valence-electron chi connectivity index (χ3n) is 3.97. The zero-order valence-electron chi connectivity index (χ0n) is 15.5. The summed E-state index contributed by atoms with van der Waals surface area (Å²) in [5.41, 5.74) is -0.284. The molecule has 0 atom stereocenters. The topological polar surface area (TPSA) is 72.0 Å². The highest BCUT2D eigenvalue weighted by Crippen LogP contribution is 2.21. The highest BCUT2D eigenvalue weighted by Gasteiger charge is 2.19. The Labute approximate surface area is 163 Å². The molecule has 0 aliphatic heterocycles. The fourth-order valence-corrected chi connectivity index (χ4v) is 2.37. The van der Waals surface area contributed by atoms with Crippen molar-refractivity contribution in [1.82, 2.24) is 10.6 Å². The predicted molar refractivity (Wildman–Crippen MR) is 108 cm³/mol. The van der Waals surface area contributed by atoms with Crippen LogP contribution in [0.1, 0.15) is 59.3 Å². The first-order chi connectivity index (χ1) is 11.0. The molecule has 1 aliphatic rings. The van der Waals surface area contributed by atoms with Crippen LogP contribution in [0.15, 0.2) is 4.99 Å². The maximum Gasteiger partial charge on any atom is 0.306 e. The number of hydrogen-bond donors (Lipinski definition) is 2. The van der Waals surface area contributed by atoms with Crippen molar-refractivity contribution in [2.75, 3.05) is 26.7 Å². The number of halogens is 1. The Morgan fingerprint density at radius 3 is 2.50 bits per heavy atom. The lowest BCUT2D eigenvalue weighted by Gasteiger charge is -2.21. The van der Waals surface area contributed by atoms with Crippen LogP contribution in [0.5, 0.6) is 0 Å². The summed E-state index contributed by atoms with van der Waals surface area (Å²) >= 11 is 0. The highest BCUT2D eigenvalue weighted by atomic mass is 127. The van der Waals surface area contributed by atoms with Crippen LogP contribution < -0.4 is 10.6 Å². The molecule has 142 valence electrons. The van der Waals surface area contributed by atoms with Crippen LogP contribution in [-0.4, -0.2) is 50.4 Å². The summed E-state index contributed by atoms with van der Waals surface area (Å²) in [6.07, 6.45) is 5.76. The van der Waals surface area contributed by atoms with Crippen molar-refractivity contribution >= 4 is 35.9 Å². The van der Waals surface area contributed by atoms with Crippen molar-refractivity contribution < 1.29 is 14.3 Å². The largest absolute Gasteiger partial charge is 0.462 e. The molecule has 1 fully saturated rings. The van der Waals surface area contributed by atoms with Gasteiger partial charge in [-0.1, -0.05) is 0 Å². The normalized spacial score (nSPS) is 15.8. The molecule has 0 radical (unpaired) electrons. The molecule has 0 heterocycles. The summed E-state index contributed by atoms with van der Waals surface area (Å²) in [6.45, 7) is 8.08. The van der Waals surface area contributed by atoms with Gasteiger partial charge in [0.05, 0.1) is 12.1 Å². The summed E-state index contributed by atoms with van der Waals surface area (Å²) in [5, 5.41) is 6.44. The number of rotatable bonds is 9. The van der Waals surface area contributed by atoms with Gasteiger partial charge in [0.1, 0.15) is 6.10 Å². The Kier molecular flexibility index (Phi) is 12.4. The lowest BCUT2D eigenvalue weighted by molar-refractivity contribution is -0.148. The van der Waals surface area contributed by atoms with Crippen LogP contribution in [0.3, 0.4) is 0 Å². The molecule has 24 heavy (non-hydrogen) atoms. The lowest BCUT2D eigenvalue weighted by atomic mass is 10.1. The second-order valence-electron chi connectivity index (χ2n) is 6.59. The van der Waals surface area contributed by atoms with Gasteiger partial charge in [0, 0.05) is 26.6 Å². The van der Waals surface area contributed by atoms with Crippen molar-refractivity contribution in [1.29, 1.82) is 0 Å². The standard InChI is InChI=1S/C17H33N3O3.HI/c1-5-18-16(20-13-17(2,3)22-4)19-12-8-11-15(21)23-14-9-6-7-10-14;/h14H,5-13H2,1-4H3,(H2,18,19,20);1H. The van der Waals surface area contributed by atoms with E-state index in [-0.39, 0.29) is 41.7 Å². The van der Waals surface area contributed by atoms with Crippen molar-refractivity contribution in [2.45, 2.75) is 71.0 Å². The van der Waals surface area contributed by atoms with E-state index in [9.17, 15) is 4.79 Å². The second-order valence-corrected chi connectivity index (χ2v) is 6.59. The van der Waals surface area contributed by atoms with E-state index in [0.29, 0.717) is 19.5 Å². The van der Waals surface area contributed by atoms with Crippen LogP contribution in [0, 0.1) is 0 Å². The van der Waals surface area contributed by atoms with Gasteiger partial charge in [0.15, 0.2) is 5.96 Å². The molecule has 0 amide bonds. The number of nitrogens with one attached hydrogen (secondary N) is 2. The Morgan fingerprint density at radius 2 is 1.92 bits per heavy atom. The molecule has 0 aromatic heterocycles. The Balaban J connectivity index is 0.00000529. The number of carbonyl (C=O) groups is 1. The molecule has 0 unspecified atom stereocenters. The van der Waals surface area contributed by atoms with Gasteiger partial charge in [0.25, 0.3) is 0 Å². The van der Waals surface area contributed by atoms with Gasteiger partial charge in [-0.05, 0) is 52.9 Å². The molecule has 0 saturated heterocycles. The number of nitrogens with zero attached hydrogens (tertiary/aromatic N) is 1. The fourth-order valence-electron chi connectivity index (χ4n) is 2.37. The SMILES string of the molecule is CCNC(=NCC(C)(C)OC)NCCCC(=O)OC1CCCC1.I. The van der Waals surface area contributed by atoms with E-state index >= 15 is 0 Å². The van der Waals surface area contributed by atoms with Gasteiger partial charge in [0.2, 0.25) is 0 Å². The molecular weight excluding hydrogens is 421 g/mol. The summed E-state index contributed by atoms with van der Waals surface area (Å²) in [7, 11) is 1.69. The summed E-state index contributed by atoms with van der Waals surface area (Å²) in [6, 6.07) is 0. The van der Waals surface area contributed by atoms with E-state index < -0.39 is 0 Å². The van der Waals surface area contributed by atoms with E-state index in [4.69, 9.17) is 9.47 Å². The Bertz CT molecular complexity index is 383. The van der Waals surface area contributed by atoms with Gasteiger partial charge < -0.3 is 20.1 Å². The Hall–Kier alpha value is -0.570. The highest BCUT2D eigenvalue weighted by molar-refractivity contribution is 14.0. The minimum atomic E-state index is -0.284. The van der Waals surface area contributed by atoms with Crippen molar-refractivity contribution in [2.24, 2.45) is 4.99 Å². The van der Waals surface area contributed by atoms with Crippen LogP contribution in [-0.2, 0) is 14.3 Å². The molecule has 7 heteroatoms. The summed E-state index contributed by atoms with van der Waals surface area (Å²) in [4.78, 5) is 16.3. The van der Waals surface area contributed by atoms with E-state index in [2.05, 4.69) is 15.6 Å². The lowest BCUT2D eigenvalue weighted by Crippen LogP contribution is -2.39. The Morgan fingerprint density at radius 1 is 1.25 bits per heavy atom. The summed E-state index contributed by atoms with van der Waals surface area (Å²) < 4.78 is 10.8. The predicted octanol–water partition coefficient (Wildman–Crippen LogP) is 2.85. The molecule has 0 aromatic rings. The number of carbonyl (C=O) groups excluding carboxylic acids is 1. The number of esters is 1. The maximum atomic E-state index is 11.8. The number of guanidine groups is 1. The van der Waals surface area contributed by atoms with Crippen LogP contribution in [0.4, 0.5) is 0 Å². The maximum absolute atomic E-state index is 11.8. The van der Waals surface area contributed by atoms with Crippen molar-refractivity contribution in [3.63, 3.8) is 0 Å². The first-order valence-corrected chi connectivity index (χ1v) is 8.73. The first-order valence-electron chi connectivity index (χ1n) is 8.73. The molecule has 6 nitrogen and oxygen atoms in total. The number of ether oxygens (including phenoxy) is 2. The zero-order valence-corrected chi connectivity index (χ0v) is 17.9. The van der Waals surface area contributed by atoms with Gasteiger partial charge in [-0.3, -0.25) is 9.79 Å². The first kappa shape index (κ1) is 23.4. The average molecular weight is 455 g/mol.